The third kappa shape index (κ3) is 8.29. The maximum absolute atomic E-state index is 12.4. The molecule has 10 unspecified atom stereocenters. The number of aliphatic hydroxyl groups is 7. The summed E-state index contributed by atoms with van der Waals surface area (Å²) in [6, 6.07) is 10.8. The highest BCUT2D eigenvalue weighted by molar-refractivity contribution is 5.89. The third-order valence-electron chi connectivity index (χ3n) is 8.84. The van der Waals surface area contributed by atoms with Crippen molar-refractivity contribution in [2.75, 3.05) is 13.2 Å². The Hall–Kier alpha value is -5.48. The molecule has 4 aromatic rings. The van der Waals surface area contributed by atoms with E-state index in [4.69, 9.17) is 28.1 Å². The van der Waals surface area contributed by atoms with E-state index in [-0.39, 0.29) is 39.5 Å². The molecule has 6 rings (SSSR count). The number of hydrogen-bond donors (Lipinski definition) is 12. The van der Waals surface area contributed by atoms with Crippen LogP contribution in [0, 0.1) is 0 Å². The predicted molar refractivity (Wildman–Crippen MR) is 183 cm³/mol. The van der Waals surface area contributed by atoms with Crippen LogP contribution in [-0.4, -0.2) is 142 Å². The first-order valence-corrected chi connectivity index (χ1v) is 16.5. The molecule has 0 aliphatic carbocycles. The average Bonchev–Trinajstić information content (AvgIpc) is 3.16. The first kappa shape index (κ1) is 39.2. The number of aliphatic hydroxyl groups excluding tert-OH is 7. The topological polar surface area (TPSA) is 317 Å². The molecular weight excluding hydrogens is 736 g/mol. The van der Waals surface area contributed by atoms with Crippen LogP contribution in [0.15, 0.2) is 65.1 Å². The Morgan fingerprint density at radius 3 is 1.91 bits per heavy atom. The normalized spacial score (nSPS) is 28.3. The van der Waals surface area contributed by atoms with Crippen molar-refractivity contribution in [2.45, 2.75) is 61.4 Å². The molecule has 0 bridgehead atoms. The fourth-order valence-corrected chi connectivity index (χ4v) is 5.81. The quantitative estimate of drug-likeness (QED) is 0.0419. The van der Waals surface area contributed by atoms with Crippen molar-refractivity contribution >= 4 is 23.0 Å². The van der Waals surface area contributed by atoms with Crippen LogP contribution in [0.2, 0.25) is 0 Å². The standard InChI is InChI=1S/C36H36O19/c37-12-25-28(44)30(46)32(48)36(54-25)53-24-11-17-22(51-34(24)15-3-5-19(40)21(42)8-15)9-16(38)10-23(17)52-35-33(49)31(47)29(45)26(55-35)13-50-27(43)6-2-14-1-4-18(39)20(41)7-14/h1-11,25-26,28-33,35-37,44-49H,12-13H2,(H4-,38,39,40,41,42,43)/p+1. The van der Waals surface area contributed by atoms with E-state index in [9.17, 15) is 66.1 Å². The molecule has 2 fully saturated rings. The van der Waals surface area contributed by atoms with E-state index < -0.39 is 104 Å². The van der Waals surface area contributed by atoms with Crippen molar-refractivity contribution < 1.29 is 94.2 Å². The van der Waals surface area contributed by atoms with E-state index >= 15 is 0 Å². The van der Waals surface area contributed by atoms with Crippen LogP contribution in [0.25, 0.3) is 28.4 Å². The summed E-state index contributed by atoms with van der Waals surface area (Å²) in [7, 11) is 0. The average molecular weight is 774 g/mol. The van der Waals surface area contributed by atoms with E-state index in [1.165, 1.54) is 36.4 Å². The maximum atomic E-state index is 12.4. The van der Waals surface area contributed by atoms with Crippen molar-refractivity contribution in [3.63, 3.8) is 0 Å². The largest absolute Gasteiger partial charge is 0.507 e. The molecule has 3 heterocycles. The molecule has 1 aromatic heterocycles. The van der Waals surface area contributed by atoms with Gasteiger partial charge >= 0.3 is 17.3 Å². The smallest absolute Gasteiger partial charge is 0.402 e. The minimum absolute atomic E-state index is 0.0195. The van der Waals surface area contributed by atoms with Gasteiger partial charge in [0.2, 0.25) is 18.3 Å². The zero-order chi connectivity index (χ0) is 39.7. The number of rotatable bonds is 10. The van der Waals surface area contributed by atoms with Crippen LogP contribution in [0.3, 0.4) is 0 Å². The minimum Gasteiger partial charge on any atom is -0.507 e. The number of phenolic OH excluding ortho intramolecular Hbond substituents is 5. The molecule has 0 amide bonds. The van der Waals surface area contributed by atoms with Gasteiger partial charge in [0.1, 0.15) is 72.3 Å². The second-order valence-electron chi connectivity index (χ2n) is 12.7. The number of hydrogen-bond acceptors (Lipinski definition) is 18. The van der Waals surface area contributed by atoms with Gasteiger partial charge in [0, 0.05) is 24.3 Å². The maximum Gasteiger partial charge on any atom is 0.402 e. The van der Waals surface area contributed by atoms with Gasteiger partial charge in [0.15, 0.2) is 23.0 Å². The molecule has 294 valence electrons. The second-order valence-corrected chi connectivity index (χ2v) is 12.7. The van der Waals surface area contributed by atoms with Gasteiger partial charge in [-0.25, -0.2) is 9.21 Å². The van der Waals surface area contributed by atoms with E-state index in [0.717, 1.165) is 30.3 Å². The number of ether oxygens (including phenoxy) is 5. The lowest BCUT2D eigenvalue weighted by Crippen LogP contribution is -2.60. The van der Waals surface area contributed by atoms with Crippen LogP contribution in [-0.2, 0) is 19.0 Å². The number of aromatic hydroxyl groups is 5. The minimum atomic E-state index is -1.91. The van der Waals surface area contributed by atoms with Crippen LogP contribution >= 0.6 is 0 Å². The lowest BCUT2D eigenvalue weighted by Gasteiger charge is -2.40. The monoisotopic (exact) mass is 773 g/mol. The second kappa shape index (κ2) is 16.1. The molecular formula is C36H37O19+. The molecule has 19 nitrogen and oxygen atoms in total. The van der Waals surface area contributed by atoms with Gasteiger partial charge in [-0.1, -0.05) is 6.07 Å². The number of benzene rings is 3. The Labute approximate surface area is 309 Å². The summed E-state index contributed by atoms with van der Waals surface area (Å²) >= 11 is 0. The van der Waals surface area contributed by atoms with E-state index in [1.807, 2.05) is 0 Å². The Morgan fingerprint density at radius 2 is 1.27 bits per heavy atom. The van der Waals surface area contributed by atoms with Gasteiger partial charge in [-0.3, -0.25) is 0 Å². The van der Waals surface area contributed by atoms with Crippen molar-refractivity contribution in [1.82, 2.24) is 0 Å². The van der Waals surface area contributed by atoms with Gasteiger partial charge in [0.25, 0.3) is 0 Å². The number of carbonyl (C=O) groups is 1. The van der Waals surface area contributed by atoms with Crippen molar-refractivity contribution in [3.8, 4) is 51.6 Å². The summed E-state index contributed by atoms with van der Waals surface area (Å²) in [6.07, 6.45) is -15.1. The highest BCUT2D eigenvalue weighted by Gasteiger charge is 2.47. The summed E-state index contributed by atoms with van der Waals surface area (Å²) in [5.74, 6) is -3.95. The summed E-state index contributed by atoms with van der Waals surface area (Å²) in [5.41, 5.74) is 0.302. The third-order valence-corrected chi connectivity index (χ3v) is 8.84. The SMILES string of the molecule is O=C(C=Cc1ccc(O)c(O)c1)OCC1OC(Oc2cc(O)cc3[o+]c(-c4ccc(O)c(O)c4)c(OC4OC(CO)C(O)C(O)C4O)cc23)C(O)C(O)C1O. The Balaban J connectivity index is 1.29. The number of phenols is 5. The molecule has 0 saturated carbocycles. The van der Waals surface area contributed by atoms with E-state index in [0.29, 0.717) is 5.56 Å². The molecule has 19 heteroatoms. The van der Waals surface area contributed by atoms with Crippen molar-refractivity contribution in [3.05, 3.63) is 66.2 Å². The van der Waals surface area contributed by atoms with Gasteiger partial charge < -0.3 is 85.0 Å². The fraction of sp³-hybridized carbons (Fsp3) is 0.333. The van der Waals surface area contributed by atoms with Gasteiger partial charge in [0.05, 0.1) is 18.2 Å². The van der Waals surface area contributed by atoms with Gasteiger partial charge in [-0.2, -0.15) is 0 Å². The highest BCUT2D eigenvalue weighted by Crippen LogP contribution is 2.43. The van der Waals surface area contributed by atoms with Crippen molar-refractivity contribution in [1.29, 1.82) is 0 Å². The summed E-state index contributed by atoms with van der Waals surface area (Å²) < 4.78 is 34.1. The molecule has 2 saturated heterocycles. The highest BCUT2D eigenvalue weighted by atomic mass is 16.7. The van der Waals surface area contributed by atoms with E-state index in [2.05, 4.69) is 0 Å². The van der Waals surface area contributed by atoms with Crippen LogP contribution in [0.5, 0.6) is 40.2 Å². The number of esters is 1. The van der Waals surface area contributed by atoms with Crippen LogP contribution in [0.4, 0.5) is 0 Å². The molecule has 10 atom stereocenters. The van der Waals surface area contributed by atoms with Crippen LogP contribution in [0.1, 0.15) is 5.56 Å². The lowest BCUT2D eigenvalue weighted by atomic mass is 9.99. The Kier molecular flexibility index (Phi) is 11.5. The molecule has 55 heavy (non-hydrogen) atoms. The first-order chi connectivity index (χ1) is 26.1. The lowest BCUT2D eigenvalue weighted by molar-refractivity contribution is -0.278. The van der Waals surface area contributed by atoms with Crippen molar-refractivity contribution in [2.24, 2.45) is 0 Å². The zero-order valence-electron chi connectivity index (χ0n) is 28.3. The first-order valence-electron chi connectivity index (χ1n) is 16.5. The van der Waals surface area contributed by atoms with Crippen LogP contribution < -0.4 is 9.47 Å². The fourth-order valence-electron chi connectivity index (χ4n) is 5.81. The molecule has 2 aliphatic heterocycles. The Morgan fingerprint density at radius 1 is 0.673 bits per heavy atom. The summed E-state index contributed by atoms with van der Waals surface area (Å²) in [4.78, 5) is 12.4. The van der Waals surface area contributed by atoms with Gasteiger partial charge in [-0.05, 0) is 35.9 Å². The molecule has 0 radical (unpaired) electrons. The number of fused-ring (bicyclic) bond motifs is 1. The van der Waals surface area contributed by atoms with Gasteiger partial charge in [-0.15, -0.1) is 0 Å². The molecule has 2 aliphatic rings. The summed E-state index contributed by atoms with van der Waals surface area (Å²) in [6.45, 7) is -1.42. The number of carbonyl (C=O) groups excluding carboxylic acids is 1. The summed E-state index contributed by atoms with van der Waals surface area (Å²) in [5, 5.41) is 123. The molecule has 12 N–H and O–H groups in total. The molecule has 3 aromatic carbocycles. The van der Waals surface area contributed by atoms with E-state index in [1.54, 1.807) is 0 Å². The molecule has 0 spiro atoms. The predicted octanol–water partition coefficient (Wildman–Crippen LogP) is -0.469. The Bertz CT molecular complexity index is 2050. The zero-order valence-corrected chi connectivity index (χ0v) is 28.3.